The molecule has 0 unspecified atom stereocenters. The molecule has 0 aromatic heterocycles. The summed E-state index contributed by atoms with van der Waals surface area (Å²) in [6.07, 6.45) is 1.32. The number of nitrogens with one attached hydrogen (secondary N) is 1. The van der Waals surface area contributed by atoms with Crippen molar-refractivity contribution >= 4 is 11.4 Å². The maximum Gasteiger partial charge on any atom is 0.296 e. The Morgan fingerprint density at radius 3 is 2.83 bits per heavy atom. The first-order valence-electron chi connectivity index (χ1n) is 5.84. The summed E-state index contributed by atoms with van der Waals surface area (Å²) in [6.45, 7) is 0.643. The lowest BCUT2D eigenvalue weighted by Gasteiger charge is -2.31. The second kappa shape index (κ2) is 5.22. The molecular formula is C12H16N2O4. The highest BCUT2D eigenvalue weighted by Gasteiger charge is 2.27. The number of rotatable bonds is 5. The van der Waals surface area contributed by atoms with E-state index in [1.165, 1.54) is 13.2 Å². The van der Waals surface area contributed by atoms with Crippen molar-refractivity contribution in [1.29, 1.82) is 0 Å². The van der Waals surface area contributed by atoms with Gasteiger partial charge in [-0.25, -0.2) is 0 Å². The van der Waals surface area contributed by atoms with Gasteiger partial charge in [-0.1, -0.05) is 0 Å². The predicted octanol–water partition coefficient (Wildman–Crippen LogP) is 1.79. The number of nitro benzene ring substituents is 1. The van der Waals surface area contributed by atoms with Gasteiger partial charge in [0.2, 0.25) is 0 Å². The summed E-state index contributed by atoms with van der Waals surface area (Å²) < 4.78 is 4.97. The minimum absolute atomic E-state index is 0.00854. The van der Waals surface area contributed by atoms with Gasteiger partial charge in [0.15, 0.2) is 0 Å². The number of hydrogen-bond acceptors (Lipinski definition) is 5. The first kappa shape index (κ1) is 12.6. The van der Waals surface area contributed by atoms with Gasteiger partial charge < -0.3 is 15.2 Å². The number of nitro groups is 1. The van der Waals surface area contributed by atoms with E-state index in [0.717, 1.165) is 12.8 Å². The summed E-state index contributed by atoms with van der Waals surface area (Å²) in [6, 6.07) is 4.73. The van der Waals surface area contributed by atoms with Crippen LogP contribution in [-0.4, -0.2) is 29.8 Å². The molecule has 18 heavy (non-hydrogen) atoms. The summed E-state index contributed by atoms with van der Waals surface area (Å²) >= 11 is 0. The molecule has 1 aromatic rings. The van der Waals surface area contributed by atoms with Crippen molar-refractivity contribution in [2.24, 2.45) is 5.92 Å². The molecule has 1 aromatic carbocycles. The Kier molecular flexibility index (Phi) is 3.66. The molecule has 0 saturated heterocycles. The summed E-state index contributed by atoms with van der Waals surface area (Å²) in [5.74, 6) is 0.855. The quantitative estimate of drug-likeness (QED) is 0.616. The Bertz CT molecular complexity index is 444. The Balaban J connectivity index is 2.04. The lowest BCUT2D eigenvalue weighted by molar-refractivity contribution is -0.384. The predicted molar refractivity (Wildman–Crippen MR) is 66.9 cm³/mol. The number of ether oxygens (including phenoxy) is 1. The molecule has 0 amide bonds. The van der Waals surface area contributed by atoms with E-state index in [4.69, 9.17) is 4.74 Å². The van der Waals surface area contributed by atoms with E-state index in [1.807, 2.05) is 0 Å². The number of anilines is 1. The second-order valence-electron chi connectivity index (χ2n) is 4.51. The molecule has 6 nitrogen and oxygen atoms in total. The minimum atomic E-state index is -0.430. The third kappa shape index (κ3) is 2.70. The highest BCUT2D eigenvalue weighted by molar-refractivity contribution is 5.63. The first-order valence-corrected chi connectivity index (χ1v) is 5.84. The normalized spacial score (nSPS) is 22.1. The van der Waals surface area contributed by atoms with Gasteiger partial charge in [-0.15, -0.1) is 0 Å². The van der Waals surface area contributed by atoms with Crippen LogP contribution >= 0.6 is 0 Å². The third-order valence-electron chi connectivity index (χ3n) is 3.19. The van der Waals surface area contributed by atoms with Crippen LogP contribution in [0, 0.1) is 16.0 Å². The third-order valence-corrected chi connectivity index (χ3v) is 3.19. The van der Waals surface area contributed by atoms with Crippen LogP contribution in [0.1, 0.15) is 12.8 Å². The lowest BCUT2D eigenvalue weighted by Crippen LogP contribution is -2.33. The maximum absolute atomic E-state index is 10.9. The molecule has 0 aliphatic heterocycles. The van der Waals surface area contributed by atoms with Crippen molar-refractivity contribution in [3.8, 4) is 5.75 Å². The van der Waals surface area contributed by atoms with Gasteiger partial charge in [0, 0.05) is 6.54 Å². The Labute approximate surface area is 105 Å². The van der Waals surface area contributed by atoms with E-state index >= 15 is 0 Å². The molecule has 98 valence electrons. The summed E-state index contributed by atoms with van der Waals surface area (Å²) in [7, 11) is 1.47. The van der Waals surface area contributed by atoms with E-state index in [2.05, 4.69) is 5.32 Å². The Hall–Kier alpha value is -1.82. The fourth-order valence-electron chi connectivity index (χ4n) is 2.06. The fourth-order valence-corrected chi connectivity index (χ4v) is 2.06. The van der Waals surface area contributed by atoms with Crippen molar-refractivity contribution in [1.82, 2.24) is 0 Å². The summed E-state index contributed by atoms with van der Waals surface area (Å²) in [5.41, 5.74) is 0.497. The largest absolute Gasteiger partial charge is 0.496 e. The van der Waals surface area contributed by atoms with Gasteiger partial charge in [0.05, 0.1) is 24.2 Å². The van der Waals surface area contributed by atoms with Gasteiger partial charge in [0.25, 0.3) is 5.69 Å². The topological polar surface area (TPSA) is 84.6 Å². The fraction of sp³-hybridized carbons (Fsp3) is 0.500. The zero-order chi connectivity index (χ0) is 13.1. The molecule has 0 atom stereocenters. The van der Waals surface area contributed by atoms with Gasteiger partial charge >= 0.3 is 0 Å². The van der Waals surface area contributed by atoms with E-state index in [0.29, 0.717) is 23.9 Å². The highest BCUT2D eigenvalue weighted by Crippen LogP contribution is 2.31. The molecule has 1 saturated carbocycles. The molecule has 1 fully saturated rings. The molecule has 2 rings (SSSR count). The minimum Gasteiger partial charge on any atom is -0.496 e. The SMILES string of the molecule is COc1ccc(NCC2CC(O)C2)c([N+](=O)[O-])c1. The monoisotopic (exact) mass is 252 g/mol. The lowest BCUT2D eigenvalue weighted by atomic mass is 9.82. The number of hydrogen-bond donors (Lipinski definition) is 2. The van der Waals surface area contributed by atoms with E-state index in [9.17, 15) is 15.2 Å². The van der Waals surface area contributed by atoms with Crippen molar-refractivity contribution in [2.75, 3.05) is 19.0 Å². The second-order valence-corrected chi connectivity index (χ2v) is 4.51. The van der Waals surface area contributed by atoms with Crippen LogP contribution < -0.4 is 10.1 Å². The number of aliphatic hydroxyl groups excluding tert-OH is 1. The zero-order valence-electron chi connectivity index (χ0n) is 10.1. The standard InChI is InChI=1S/C12H16N2O4/c1-18-10-2-3-11(12(6-10)14(16)17)13-7-8-4-9(15)5-8/h2-3,6,8-9,13,15H,4-5,7H2,1H3. The number of methoxy groups -OCH3 is 1. The van der Waals surface area contributed by atoms with Crippen LogP contribution in [0.2, 0.25) is 0 Å². The summed E-state index contributed by atoms with van der Waals surface area (Å²) in [5, 5.41) is 23.2. The van der Waals surface area contributed by atoms with E-state index in [1.54, 1.807) is 12.1 Å². The number of benzene rings is 1. The van der Waals surface area contributed by atoms with Crippen LogP contribution in [0.25, 0.3) is 0 Å². The molecule has 2 N–H and O–H groups in total. The molecule has 0 heterocycles. The maximum atomic E-state index is 10.9. The van der Waals surface area contributed by atoms with Crippen LogP contribution in [0.5, 0.6) is 5.75 Å². The van der Waals surface area contributed by atoms with Crippen LogP contribution in [-0.2, 0) is 0 Å². The van der Waals surface area contributed by atoms with Crippen molar-refractivity contribution < 1.29 is 14.8 Å². The molecule has 6 heteroatoms. The molecular weight excluding hydrogens is 236 g/mol. The first-order chi connectivity index (χ1) is 8.60. The van der Waals surface area contributed by atoms with E-state index < -0.39 is 4.92 Å². The van der Waals surface area contributed by atoms with Crippen molar-refractivity contribution in [3.05, 3.63) is 28.3 Å². The molecule has 0 bridgehead atoms. The molecule has 1 aliphatic rings. The zero-order valence-corrected chi connectivity index (χ0v) is 10.1. The summed E-state index contributed by atoms with van der Waals surface area (Å²) in [4.78, 5) is 10.5. The van der Waals surface area contributed by atoms with Gasteiger partial charge in [0.1, 0.15) is 11.4 Å². The Morgan fingerprint density at radius 2 is 2.28 bits per heavy atom. The average molecular weight is 252 g/mol. The number of aliphatic hydroxyl groups is 1. The Morgan fingerprint density at radius 1 is 1.56 bits per heavy atom. The smallest absolute Gasteiger partial charge is 0.296 e. The van der Waals surface area contributed by atoms with Gasteiger partial charge in [-0.2, -0.15) is 0 Å². The van der Waals surface area contributed by atoms with Crippen LogP contribution in [0.4, 0.5) is 11.4 Å². The van der Waals surface area contributed by atoms with Crippen LogP contribution in [0.15, 0.2) is 18.2 Å². The average Bonchev–Trinajstić information content (AvgIpc) is 2.33. The van der Waals surface area contributed by atoms with Crippen LogP contribution in [0.3, 0.4) is 0 Å². The molecule has 0 spiro atoms. The van der Waals surface area contributed by atoms with E-state index in [-0.39, 0.29) is 11.8 Å². The van der Waals surface area contributed by atoms with Gasteiger partial charge in [-0.05, 0) is 30.9 Å². The molecule has 1 aliphatic carbocycles. The highest BCUT2D eigenvalue weighted by atomic mass is 16.6. The number of nitrogens with zero attached hydrogens (tertiary/aromatic N) is 1. The van der Waals surface area contributed by atoms with Crippen molar-refractivity contribution in [3.63, 3.8) is 0 Å². The van der Waals surface area contributed by atoms with Gasteiger partial charge in [-0.3, -0.25) is 10.1 Å². The van der Waals surface area contributed by atoms with Crippen molar-refractivity contribution in [2.45, 2.75) is 18.9 Å². The molecule has 0 radical (unpaired) electrons.